The lowest BCUT2D eigenvalue weighted by molar-refractivity contribution is 1.17. The van der Waals surface area contributed by atoms with Gasteiger partial charge in [0.25, 0.3) is 0 Å². The topological polar surface area (TPSA) is 18.0 Å². The molecule has 0 atom stereocenters. The molecule has 0 fully saturated rings. The predicted octanol–water partition coefficient (Wildman–Crippen LogP) is 17.3. The van der Waals surface area contributed by atoms with Gasteiger partial charge in [0.1, 0.15) is 0 Å². The zero-order valence-corrected chi connectivity index (χ0v) is 37.0. The minimum atomic E-state index is 1.06. The van der Waals surface area contributed by atoms with Crippen molar-refractivity contribution in [2.45, 2.75) is 0 Å². The first-order valence-electron chi connectivity index (χ1n) is 23.3. The Labute approximate surface area is 393 Å². The molecule has 11 aromatic carbocycles. The van der Waals surface area contributed by atoms with Crippen LogP contribution in [0.1, 0.15) is 0 Å². The number of hydrogen-bond acceptors (Lipinski definition) is 1. The van der Waals surface area contributed by atoms with Crippen LogP contribution >= 0.6 is 0 Å². The molecule has 0 unspecified atom stereocenters. The Morgan fingerprint density at radius 3 is 1.24 bits per heavy atom. The zero-order chi connectivity index (χ0) is 44.7. The molecule has 14 rings (SSSR count). The van der Waals surface area contributed by atoms with Gasteiger partial charge in [-0.3, -0.25) is 0 Å². The summed E-state index contributed by atoms with van der Waals surface area (Å²) in [5.74, 6) is 0. The highest BCUT2D eigenvalue weighted by Crippen LogP contribution is 2.44. The normalized spacial score (nSPS) is 11.8. The Morgan fingerprint density at radius 1 is 0.221 bits per heavy atom. The summed E-state index contributed by atoms with van der Waals surface area (Å²) >= 11 is 0. The Bertz CT molecular complexity index is 4210. The fourth-order valence-electron chi connectivity index (χ4n) is 10.9. The van der Waals surface area contributed by atoms with E-state index in [0.29, 0.717) is 0 Å². The van der Waals surface area contributed by atoms with E-state index < -0.39 is 0 Å². The maximum atomic E-state index is 2.46. The number of rotatable bonds is 7. The zero-order valence-electron chi connectivity index (χ0n) is 37.0. The Morgan fingerprint density at radius 2 is 0.647 bits per heavy atom. The summed E-state index contributed by atoms with van der Waals surface area (Å²) in [7, 11) is 0. The maximum absolute atomic E-state index is 2.46. The molecule has 0 aliphatic heterocycles. The van der Waals surface area contributed by atoms with Crippen molar-refractivity contribution in [3.63, 3.8) is 0 Å². The number of para-hydroxylation sites is 6. The molecule has 3 heterocycles. The quantitative estimate of drug-likeness (QED) is 0.156. The molecule has 14 aromatic rings. The highest BCUT2D eigenvalue weighted by Gasteiger charge is 2.22. The summed E-state index contributed by atoms with van der Waals surface area (Å²) in [4.78, 5) is 2.46. The minimum absolute atomic E-state index is 1.06. The van der Waals surface area contributed by atoms with Gasteiger partial charge in [-0.2, -0.15) is 0 Å². The number of benzene rings is 11. The van der Waals surface area contributed by atoms with E-state index in [2.05, 4.69) is 273 Å². The standard InChI is InChI=1S/C64H42N4/c1-3-19-47(20-4-1)66-61-29-15-11-25-55(61)57-40-45(32-35-63(57)66)46-38-51(41-52(39-46)68-59-27-13-9-23-53(59)54-24-10-14-28-60(54)68)65(49-33-31-43-17-7-8-18-44(43)37-49)50-34-36-64-58(42-50)56-26-12-16-30-62(56)67(64)48-21-5-2-6-22-48/h1-42H. The first kappa shape index (κ1) is 38.2. The number of hydrogen-bond donors (Lipinski definition) is 0. The number of aromatic nitrogens is 3. The van der Waals surface area contributed by atoms with E-state index in [4.69, 9.17) is 0 Å². The summed E-state index contributed by atoms with van der Waals surface area (Å²) in [6.07, 6.45) is 0. The molecule has 0 saturated heterocycles. The highest BCUT2D eigenvalue weighted by molar-refractivity contribution is 6.13. The van der Waals surface area contributed by atoms with E-state index in [0.717, 1.165) is 45.3 Å². The molecule has 0 aliphatic rings. The van der Waals surface area contributed by atoms with Crippen molar-refractivity contribution in [1.82, 2.24) is 13.7 Å². The van der Waals surface area contributed by atoms with Crippen LogP contribution in [0.4, 0.5) is 17.1 Å². The van der Waals surface area contributed by atoms with E-state index in [1.54, 1.807) is 0 Å². The second-order valence-electron chi connectivity index (χ2n) is 17.8. The smallest absolute Gasteiger partial charge is 0.0542 e. The average molecular weight is 867 g/mol. The second-order valence-corrected chi connectivity index (χ2v) is 17.8. The van der Waals surface area contributed by atoms with Crippen molar-refractivity contribution in [2.24, 2.45) is 0 Å². The van der Waals surface area contributed by atoms with E-state index in [1.165, 1.54) is 76.2 Å². The summed E-state index contributed by atoms with van der Waals surface area (Å²) in [6, 6.07) is 93.3. The van der Waals surface area contributed by atoms with Crippen LogP contribution in [0.15, 0.2) is 255 Å². The third kappa shape index (κ3) is 5.94. The largest absolute Gasteiger partial charge is 0.310 e. The number of nitrogens with zero attached hydrogens (tertiary/aromatic N) is 4. The van der Waals surface area contributed by atoms with Crippen LogP contribution in [-0.4, -0.2) is 13.7 Å². The van der Waals surface area contributed by atoms with Gasteiger partial charge in [-0.15, -0.1) is 0 Å². The van der Waals surface area contributed by atoms with Crippen molar-refractivity contribution in [3.05, 3.63) is 255 Å². The van der Waals surface area contributed by atoms with Crippen molar-refractivity contribution in [3.8, 4) is 28.2 Å². The Balaban J connectivity index is 1.06. The van der Waals surface area contributed by atoms with Crippen LogP contribution in [0.5, 0.6) is 0 Å². The second kappa shape index (κ2) is 15.2. The third-order valence-electron chi connectivity index (χ3n) is 13.9. The summed E-state index contributed by atoms with van der Waals surface area (Å²) < 4.78 is 7.23. The average Bonchev–Trinajstić information content (AvgIpc) is 4.04. The molecular formula is C64H42N4. The fraction of sp³-hybridized carbons (Fsp3) is 0. The summed E-state index contributed by atoms with van der Waals surface area (Å²) in [5, 5.41) is 9.73. The van der Waals surface area contributed by atoms with Gasteiger partial charge in [0.15, 0.2) is 0 Å². The first-order valence-corrected chi connectivity index (χ1v) is 23.3. The van der Waals surface area contributed by atoms with E-state index in [1.807, 2.05) is 0 Å². The Hall–Kier alpha value is -9.12. The first-order chi connectivity index (χ1) is 33.7. The molecule has 0 saturated carbocycles. The third-order valence-corrected chi connectivity index (χ3v) is 13.9. The maximum Gasteiger partial charge on any atom is 0.0542 e. The monoisotopic (exact) mass is 866 g/mol. The van der Waals surface area contributed by atoms with Crippen LogP contribution < -0.4 is 4.90 Å². The molecule has 318 valence electrons. The van der Waals surface area contributed by atoms with Crippen LogP contribution in [0.3, 0.4) is 0 Å². The van der Waals surface area contributed by atoms with Crippen LogP contribution in [0.2, 0.25) is 0 Å². The SMILES string of the molecule is c1ccc(-n2c3ccccc3c3cc(-c4cc(N(c5ccc6ccccc6c5)c5ccc6c(c5)c5ccccc5n6-c5ccccc5)cc(-n5c6ccccc6c6ccccc65)c4)ccc32)cc1. The van der Waals surface area contributed by atoms with E-state index in [-0.39, 0.29) is 0 Å². The molecule has 68 heavy (non-hydrogen) atoms. The number of fused-ring (bicyclic) bond motifs is 10. The van der Waals surface area contributed by atoms with Gasteiger partial charge in [0.05, 0.1) is 33.1 Å². The van der Waals surface area contributed by atoms with Gasteiger partial charge in [0.2, 0.25) is 0 Å². The van der Waals surface area contributed by atoms with E-state index >= 15 is 0 Å². The molecule has 0 aliphatic carbocycles. The van der Waals surface area contributed by atoms with Crippen LogP contribution in [0.25, 0.3) is 104 Å². The summed E-state index contributed by atoms with van der Waals surface area (Å²) in [6.45, 7) is 0. The molecular weight excluding hydrogens is 825 g/mol. The van der Waals surface area contributed by atoms with Gasteiger partial charge >= 0.3 is 0 Å². The summed E-state index contributed by atoms with van der Waals surface area (Å²) in [5.41, 5.74) is 16.0. The van der Waals surface area contributed by atoms with Crippen molar-refractivity contribution in [2.75, 3.05) is 4.90 Å². The fourth-order valence-corrected chi connectivity index (χ4v) is 10.9. The van der Waals surface area contributed by atoms with Crippen molar-refractivity contribution >= 4 is 93.3 Å². The number of anilines is 3. The predicted molar refractivity (Wildman–Crippen MR) is 287 cm³/mol. The molecule has 0 radical (unpaired) electrons. The lowest BCUT2D eigenvalue weighted by atomic mass is 10.00. The minimum Gasteiger partial charge on any atom is -0.310 e. The van der Waals surface area contributed by atoms with Crippen molar-refractivity contribution in [1.29, 1.82) is 0 Å². The Kier molecular flexibility index (Phi) is 8.55. The van der Waals surface area contributed by atoms with Crippen LogP contribution in [0, 0.1) is 0 Å². The van der Waals surface area contributed by atoms with Gasteiger partial charge in [0, 0.05) is 66.4 Å². The molecule has 3 aromatic heterocycles. The molecule has 0 N–H and O–H groups in total. The molecule has 0 amide bonds. The molecule has 4 heteroatoms. The van der Waals surface area contributed by atoms with Crippen LogP contribution in [-0.2, 0) is 0 Å². The van der Waals surface area contributed by atoms with Gasteiger partial charge < -0.3 is 18.6 Å². The molecule has 0 bridgehead atoms. The highest BCUT2D eigenvalue weighted by atomic mass is 15.1. The van der Waals surface area contributed by atoms with Crippen molar-refractivity contribution < 1.29 is 0 Å². The molecule has 0 spiro atoms. The lowest BCUT2D eigenvalue weighted by Gasteiger charge is -2.27. The van der Waals surface area contributed by atoms with Gasteiger partial charge in [-0.05, 0) is 131 Å². The van der Waals surface area contributed by atoms with Gasteiger partial charge in [-0.25, -0.2) is 0 Å². The molecule has 4 nitrogen and oxygen atoms in total. The van der Waals surface area contributed by atoms with E-state index in [9.17, 15) is 0 Å². The lowest BCUT2D eigenvalue weighted by Crippen LogP contribution is -2.11. The van der Waals surface area contributed by atoms with Gasteiger partial charge in [-0.1, -0.05) is 146 Å².